The number of hydrogen-bond acceptors (Lipinski definition) is 3. The summed E-state index contributed by atoms with van der Waals surface area (Å²) in [4.78, 5) is 1.96. The minimum atomic E-state index is 0.733. The van der Waals surface area contributed by atoms with Gasteiger partial charge in [0.25, 0.3) is 0 Å². The van der Waals surface area contributed by atoms with Crippen LogP contribution in [0.5, 0.6) is 0 Å². The van der Waals surface area contributed by atoms with Crippen molar-refractivity contribution in [3.8, 4) is 16.5 Å². The van der Waals surface area contributed by atoms with E-state index >= 15 is 0 Å². The molecule has 1 saturated carbocycles. The molecule has 1 aromatic carbocycles. The maximum absolute atomic E-state index is 8.92. The molecule has 1 N–H and O–H groups in total. The minimum absolute atomic E-state index is 0.733. The third kappa shape index (κ3) is 2.86. The van der Waals surface area contributed by atoms with Gasteiger partial charge in [0.2, 0.25) is 0 Å². The van der Waals surface area contributed by atoms with E-state index in [1.165, 1.54) is 34.4 Å². The summed E-state index contributed by atoms with van der Waals surface area (Å²) in [5.41, 5.74) is 3.84. The van der Waals surface area contributed by atoms with Crippen molar-refractivity contribution in [3.63, 3.8) is 0 Å². The summed E-state index contributed by atoms with van der Waals surface area (Å²) in [6.07, 6.45) is 2.63. The van der Waals surface area contributed by atoms with Crippen LogP contribution in [0.25, 0.3) is 10.4 Å². The topological polar surface area (TPSA) is 35.8 Å². The van der Waals surface area contributed by atoms with Gasteiger partial charge in [-0.25, -0.2) is 0 Å². The molecule has 0 saturated heterocycles. The van der Waals surface area contributed by atoms with E-state index in [1.807, 2.05) is 12.1 Å². The highest BCUT2D eigenvalue weighted by molar-refractivity contribution is 7.16. The van der Waals surface area contributed by atoms with Gasteiger partial charge in [-0.1, -0.05) is 12.1 Å². The highest BCUT2D eigenvalue weighted by Gasteiger charge is 2.20. The van der Waals surface area contributed by atoms with E-state index in [0.717, 1.165) is 17.5 Å². The Balaban J connectivity index is 1.86. The van der Waals surface area contributed by atoms with Crippen molar-refractivity contribution in [1.82, 2.24) is 5.32 Å². The van der Waals surface area contributed by atoms with Gasteiger partial charge in [-0.3, -0.25) is 0 Å². The van der Waals surface area contributed by atoms with Crippen LogP contribution in [0.1, 0.15) is 28.8 Å². The predicted molar refractivity (Wildman–Crippen MR) is 79.1 cm³/mol. The molecule has 1 aromatic heterocycles. The molecule has 0 radical (unpaired) electrons. The van der Waals surface area contributed by atoms with Gasteiger partial charge in [0.15, 0.2) is 0 Å². The van der Waals surface area contributed by atoms with E-state index in [4.69, 9.17) is 5.26 Å². The molecule has 0 amide bonds. The summed E-state index contributed by atoms with van der Waals surface area (Å²) in [6, 6.07) is 13.5. The smallest absolute Gasteiger partial charge is 0.110 e. The van der Waals surface area contributed by atoms with Crippen LogP contribution < -0.4 is 5.32 Å². The Morgan fingerprint density at radius 2 is 2.16 bits per heavy atom. The van der Waals surface area contributed by atoms with Gasteiger partial charge in [0.05, 0.1) is 0 Å². The monoisotopic (exact) mass is 268 g/mol. The van der Waals surface area contributed by atoms with Crippen LogP contribution in [0.3, 0.4) is 0 Å². The van der Waals surface area contributed by atoms with E-state index < -0.39 is 0 Å². The van der Waals surface area contributed by atoms with E-state index in [-0.39, 0.29) is 0 Å². The Labute approximate surface area is 117 Å². The largest absolute Gasteiger partial charge is 0.310 e. The fourth-order valence-electron chi connectivity index (χ4n) is 2.14. The number of nitrogens with one attached hydrogen (secondary N) is 1. The molecule has 2 aromatic rings. The second-order valence-corrected chi connectivity index (χ2v) is 6.16. The average molecular weight is 268 g/mol. The van der Waals surface area contributed by atoms with Gasteiger partial charge in [-0.15, -0.1) is 11.3 Å². The molecule has 0 bridgehead atoms. The molecule has 1 fully saturated rings. The fourth-order valence-corrected chi connectivity index (χ4v) is 3.02. The second-order valence-electron chi connectivity index (χ2n) is 5.08. The third-order valence-electron chi connectivity index (χ3n) is 3.46. The number of aryl methyl sites for hydroxylation is 1. The molecule has 2 nitrogen and oxygen atoms in total. The molecular formula is C16H16N2S. The van der Waals surface area contributed by atoms with Crippen LogP contribution in [-0.4, -0.2) is 6.04 Å². The Hall–Kier alpha value is -1.63. The first kappa shape index (κ1) is 12.4. The summed E-state index contributed by atoms with van der Waals surface area (Å²) >= 11 is 1.56. The van der Waals surface area contributed by atoms with Gasteiger partial charge >= 0.3 is 0 Å². The molecule has 1 heterocycles. The minimum Gasteiger partial charge on any atom is -0.310 e. The number of rotatable bonds is 4. The van der Waals surface area contributed by atoms with Crippen LogP contribution in [0, 0.1) is 18.3 Å². The highest BCUT2D eigenvalue weighted by atomic mass is 32.1. The molecule has 3 rings (SSSR count). The Morgan fingerprint density at radius 3 is 2.84 bits per heavy atom. The van der Waals surface area contributed by atoms with Gasteiger partial charge in [-0.2, -0.15) is 5.26 Å². The van der Waals surface area contributed by atoms with Gasteiger partial charge in [0, 0.05) is 17.5 Å². The molecule has 3 heteroatoms. The van der Waals surface area contributed by atoms with Crippen molar-refractivity contribution in [1.29, 1.82) is 5.26 Å². The summed E-state index contributed by atoms with van der Waals surface area (Å²) < 4.78 is 0. The van der Waals surface area contributed by atoms with Gasteiger partial charge in [-0.05, 0) is 54.7 Å². The highest BCUT2D eigenvalue weighted by Crippen LogP contribution is 2.31. The first-order chi connectivity index (χ1) is 9.26. The van der Waals surface area contributed by atoms with Gasteiger partial charge < -0.3 is 5.32 Å². The zero-order valence-electron chi connectivity index (χ0n) is 10.9. The molecule has 0 aliphatic heterocycles. The van der Waals surface area contributed by atoms with Crippen molar-refractivity contribution >= 4 is 11.3 Å². The molecular weight excluding hydrogens is 252 g/mol. The maximum Gasteiger partial charge on any atom is 0.110 e. The first-order valence-corrected chi connectivity index (χ1v) is 7.41. The summed E-state index contributed by atoms with van der Waals surface area (Å²) in [6.45, 7) is 3.06. The Morgan fingerprint density at radius 1 is 1.32 bits per heavy atom. The van der Waals surface area contributed by atoms with E-state index in [2.05, 4.69) is 36.5 Å². The molecule has 0 atom stereocenters. The summed E-state index contributed by atoms with van der Waals surface area (Å²) in [5, 5.41) is 12.5. The van der Waals surface area contributed by atoms with Crippen molar-refractivity contribution in [3.05, 3.63) is 46.3 Å². The standard InChI is InChI=1S/C16H16N2S/c1-11-2-3-12(10-18-13-4-5-13)8-15(11)16-7-6-14(9-17)19-16/h2-3,6-8,13,18H,4-5,10H2,1H3. The van der Waals surface area contributed by atoms with Crippen molar-refractivity contribution < 1.29 is 0 Å². The number of nitrogens with zero attached hydrogens (tertiary/aromatic N) is 1. The van der Waals surface area contributed by atoms with E-state index in [0.29, 0.717) is 0 Å². The number of nitriles is 1. The molecule has 1 aliphatic carbocycles. The lowest BCUT2D eigenvalue weighted by Gasteiger charge is -2.08. The lowest BCUT2D eigenvalue weighted by molar-refractivity contribution is 0.688. The zero-order valence-corrected chi connectivity index (χ0v) is 11.8. The average Bonchev–Trinajstić information content (AvgIpc) is 3.13. The first-order valence-electron chi connectivity index (χ1n) is 6.59. The zero-order chi connectivity index (χ0) is 13.2. The molecule has 0 unspecified atom stereocenters. The third-order valence-corrected chi connectivity index (χ3v) is 4.48. The van der Waals surface area contributed by atoms with Gasteiger partial charge in [0.1, 0.15) is 10.9 Å². The van der Waals surface area contributed by atoms with Crippen LogP contribution in [0.15, 0.2) is 30.3 Å². The van der Waals surface area contributed by atoms with E-state index in [1.54, 1.807) is 11.3 Å². The molecule has 0 spiro atoms. The predicted octanol–water partition coefficient (Wildman–Crippen LogP) is 3.85. The second kappa shape index (κ2) is 5.16. The summed E-state index contributed by atoms with van der Waals surface area (Å²) in [7, 11) is 0. The van der Waals surface area contributed by atoms with Crippen molar-refractivity contribution in [2.75, 3.05) is 0 Å². The number of thiophene rings is 1. The van der Waals surface area contributed by atoms with Crippen LogP contribution in [0.4, 0.5) is 0 Å². The van der Waals surface area contributed by atoms with E-state index in [9.17, 15) is 0 Å². The lowest BCUT2D eigenvalue weighted by Crippen LogP contribution is -2.15. The van der Waals surface area contributed by atoms with Crippen LogP contribution in [-0.2, 0) is 6.54 Å². The molecule has 96 valence electrons. The van der Waals surface area contributed by atoms with Crippen LogP contribution in [0.2, 0.25) is 0 Å². The lowest BCUT2D eigenvalue weighted by atomic mass is 10.0. The maximum atomic E-state index is 8.92. The summed E-state index contributed by atoms with van der Waals surface area (Å²) in [5.74, 6) is 0. The van der Waals surface area contributed by atoms with Crippen molar-refractivity contribution in [2.45, 2.75) is 32.4 Å². The van der Waals surface area contributed by atoms with Crippen molar-refractivity contribution in [2.24, 2.45) is 0 Å². The number of hydrogen-bond donors (Lipinski definition) is 1. The Kier molecular flexibility index (Phi) is 3.37. The normalized spacial score (nSPS) is 14.3. The Bertz CT molecular complexity index is 632. The SMILES string of the molecule is Cc1ccc(CNC2CC2)cc1-c1ccc(C#N)s1. The number of benzene rings is 1. The molecule has 1 aliphatic rings. The fraction of sp³-hybridized carbons (Fsp3) is 0.312. The molecule has 19 heavy (non-hydrogen) atoms. The van der Waals surface area contributed by atoms with Crippen LogP contribution >= 0.6 is 11.3 Å². The quantitative estimate of drug-likeness (QED) is 0.914.